The van der Waals surface area contributed by atoms with Crippen LogP contribution in [0.4, 0.5) is 8.78 Å². The van der Waals surface area contributed by atoms with Crippen molar-refractivity contribution in [3.8, 4) is 0 Å². The van der Waals surface area contributed by atoms with Gasteiger partial charge in [-0.1, -0.05) is 29.3 Å². The van der Waals surface area contributed by atoms with Crippen LogP contribution in [0.5, 0.6) is 0 Å². The van der Waals surface area contributed by atoms with E-state index in [9.17, 15) is 8.78 Å². The molecule has 1 aromatic carbocycles. The highest BCUT2D eigenvalue weighted by molar-refractivity contribution is 9.10. The van der Waals surface area contributed by atoms with E-state index >= 15 is 0 Å². The van der Waals surface area contributed by atoms with Crippen LogP contribution in [0.2, 0.25) is 0 Å². The Balaban J connectivity index is 2.60. The van der Waals surface area contributed by atoms with Gasteiger partial charge in [-0.25, -0.2) is 8.78 Å². The Labute approximate surface area is 96.6 Å². The van der Waals surface area contributed by atoms with E-state index in [1.807, 2.05) is 6.92 Å². The zero-order valence-corrected chi connectivity index (χ0v) is 10.1. The van der Waals surface area contributed by atoms with Gasteiger partial charge in [-0.05, 0) is 18.6 Å². The van der Waals surface area contributed by atoms with E-state index in [2.05, 4.69) is 15.9 Å². The summed E-state index contributed by atoms with van der Waals surface area (Å²) in [6, 6.07) is 2.48. The van der Waals surface area contributed by atoms with Gasteiger partial charge in [0, 0.05) is 16.6 Å². The Morgan fingerprint density at radius 3 is 2.40 bits per heavy atom. The molecule has 1 nitrogen and oxygen atoms in total. The van der Waals surface area contributed by atoms with E-state index in [-0.39, 0.29) is 12.2 Å². The van der Waals surface area contributed by atoms with Crippen molar-refractivity contribution in [2.24, 2.45) is 0 Å². The molecule has 15 heavy (non-hydrogen) atoms. The van der Waals surface area contributed by atoms with E-state index in [1.165, 1.54) is 12.1 Å². The average molecular weight is 279 g/mol. The van der Waals surface area contributed by atoms with Gasteiger partial charge in [0.2, 0.25) is 0 Å². The predicted octanol–water partition coefficient (Wildman–Crippen LogP) is 4.04. The highest BCUT2D eigenvalue weighted by Gasteiger charge is 2.10. The minimum absolute atomic E-state index is 0.00527. The molecule has 0 atom stereocenters. The van der Waals surface area contributed by atoms with Crippen LogP contribution in [0.3, 0.4) is 0 Å². The molecule has 0 bridgehead atoms. The van der Waals surface area contributed by atoms with Crippen molar-refractivity contribution >= 4 is 15.9 Å². The fourth-order valence-corrected chi connectivity index (χ4v) is 1.53. The maximum Gasteiger partial charge on any atom is 0.132 e. The Morgan fingerprint density at radius 2 is 1.87 bits per heavy atom. The molecular formula is C11H13BrF2O. The first-order valence-electron chi connectivity index (χ1n) is 4.86. The number of hydrogen-bond donors (Lipinski definition) is 0. The molecule has 0 saturated carbocycles. The van der Waals surface area contributed by atoms with Gasteiger partial charge < -0.3 is 4.74 Å². The van der Waals surface area contributed by atoms with E-state index in [1.54, 1.807) is 0 Å². The van der Waals surface area contributed by atoms with Crippen LogP contribution in [-0.4, -0.2) is 6.61 Å². The van der Waals surface area contributed by atoms with Gasteiger partial charge in [-0.2, -0.15) is 0 Å². The lowest BCUT2D eigenvalue weighted by molar-refractivity contribution is 0.113. The predicted molar refractivity (Wildman–Crippen MR) is 58.6 cm³/mol. The number of unbranched alkanes of at least 4 members (excludes halogenated alkanes) is 1. The van der Waals surface area contributed by atoms with Crippen molar-refractivity contribution < 1.29 is 13.5 Å². The standard InChI is InChI=1S/C11H13BrF2O/c1-2-3-4-15-7-9-10(13)5-8(12)6-11(9)14/h5-6H,2-4,7H2,1H3. The van der Waals surface area contributed by atoms with Gasteiger partial charge in [0.05, 0.1) is 6.61 Å². The van der Waals surface area contributed by atoms with Crippen LogP contribution in [0, 0.1) is 11.6 Å². The first-order valence-corrected chi connectivity index (χ1v) is 5.65. The molecule has 84 valence electrons. The lowest BCUT2D eigenvalue weighted by Gasteiger charge is -2.06. The van der Waals surface area contributed by atoms with E-state index in [0.29, 0.717) is 11.1 Å². The highest BCUT2D eigenvalue weighted by Crippen LogP contribution is 2.20. The van der Waals surface area contributed by atoms with Gasteiger partial charge in [-0.3, -0.25) is 0 Å². The van der Waals surface area contributed by atoms with Crippen LogP contribution >= 0.6 is 15.9 Å². The highest BCUT2D eigenvalue weighted by atomic mass is 79.9. The van der Waals surface area contributed by atoms with Crippen LogP contribution in [0.1, 0.15) is 25.3 Å². The summed E-state index contributed by atoms with van der Waals surface area (Å²) in [6.45, 7) is 2.56. The summed E-state index contributed by atoms with van der Waals surface area (Å²) < 4.78 is 32.1. The molecular weight excluding hydrogens is 266 g/mol. The third-order valence-electron chi connectivity index (χ3n) is 1.99. The molecule has 1 aromatic rings. The quantitative estimate of drug-likeness (QED) is 0.739. The molecule has 0 radical (unpaired) electrons. The third kappa shape index (κ3) is 3.87. The first-order chi connectivity index (χ1) is 7.15. The SMILES string of the molecule is CCCCOCc1c(F)cc(Br)cc1F. The zero-order chi connectivity index (χ0) is 11.3. The summed E-state index contributed by atoms with van der Waals surface area (Å²) in [6.07, 6.45) is 1.91. The smallest absolute Gasteiger partial charge is 0.132 e. The molecule has 0 heterocycles. The Bertz CT molecular complexity index is 305. The summed E-state index contributed by atoms with van der Waals surface area (Å²) in [4.78, 5) is 0. The van der Waals surface area contributed by atoms with Crippen molar-refractivity contribution in [2.45, 2.75) is 26.4 Å². The lowest BCUT2D eigenvalue weighted by Crippen LogP contribution is -2.01. The zero-order valence-electron chi connectivity index (χ0n) is 8.53. The maximum absolute atomic E-state index is 13.3. The van der Waals surface area contributed by atoms with E-state index in [0.717, 1.165) is 12.8 Å². The van der Waals surface area contributed by atoms with Crippen LogP contribution < -0.4 is 0 Å². The third-order valence-corrected chi connectivity index (χ3v) is 2.45. The van der Waals surface area contributed by atoms with Crippen molar-refractivity contribution in [1.29, 1.82) is 0 Å². The molecule has 0 aliphatic carbocycles. The Morgan fingerprint density at radius 1 is 1.27 bits per heavy atom. The van der Waals surface area contributed by atoms with Gasteiger partial charge in [-0.15, -0.1) is 0 Å². The Hall–Kier alpha value is -0.480. The molecule has 0 saturated heterocycles. The fraction of sp³-hybridized carbons (Fsp3) is 0.455. The van der Waals surface area contributed by atoms with Gasteiger partial charge in [0.25, 0.3) is 0 Å². The molecule has 0 amide bonds. The maximum atomic E-state index is 13.3. The second kappa shape index (κ2) is 6.18. The minimum atomic E-state index is -0.571. The normalized spacial score (nSPS) is 10.7. The molecule has 1 rings (SSSR count). The molecule has 0 fully saturated rings. The van der Waals surface area contributed by atoms with Gasteiger partial charge in [0.15, 0.2) is 0 Å². The first kappa shape index (κ1) is 12.6. The van der Waals surface area contributed by atoms with Crippen LogP contribution in [0.15, 0.2) is 16.6 Å². The van der Waals surface area contributed by atoms with Crippen molar-refractivity contribution in [2.75, 3.05) is 6.61 Å². The number of hydrogen-bond acceptors (Lipinski definition) is 1. The molecule has 0 N–H and O–H groups in total. The van der Waals surface area contributed by atoms with Crippen molar-refractivity contribution in [3.05, 3.63) is 33.8 Å². The summed E-state index contributed by atoms with van der Waals surface area (Å²) in [7, 11) is 0. The lowest BCUT2D eigenvalue weighted by atomic mass is 10.2. The molecule has 0 unspecified atom stereocenters. The second-order valence-corrected chi connectivity index (χ2v) is 4.17. The molecule has 0 spiro atoms. The van der Waals surface area contributed by atoms with E-state index in [4.69, 9.17) is 4.74 Å². The van der Waals surface area contributed by atoms with Crippen LogP contribution in [-0.2, 0) is 11.3 Å². The minimum Gasteiger partial charge on any atom is -0.377 e. The summed E-state index contributed by atoms with van der Waals surface area (Å²) in [5.74, 6) is -1.14. The topological polar surface area (TPSA) is 9.23 Å². The van der Waals surface area contributed by atoms with Crippen molar-refractivity contribution in [1.82, 2.24) is 0 Å². The van der Waals surface area contributed by atoms with Gasteiger partial charge >= 0.3 is 0 Å². The fourth-order valence-electron chi connectivity index (χ4n) is 1.13. The largest absolute Gasteiger partial charge is 0.377 e. The molecule has 4 heteroatoms. The molecule has 0 aromatic heterocycles. The van der Waals surface area contributed by atoms with Crippen molar-refractivity contribution in [3.63, 3.8) is 0 Å². The summed E-state index contributed by atoms with van der Waals surface area (Å²) in [5.41, 5.74) is -0.00527. The Kier molecular flexibility index (Phi) is 5.19. The average Bonchev–Trinajstić information content (AvgIpc) is 2.15. The monoisotopic (exact) mass is 278 g/mol. The summed E-state index contributed by atoms with van der Waals surface area (Å²) >= 11 is 3.02. The number of halogens is 3. The molecule has 0 aliphatic rings. The van der Waals surface area contributed by atoms with E-state index < -0.39 is 11.6 Å². The van der Waals surface area contributed by atoms with Gasteiger partial charge in [0.1, 0.15) is 11.6 Å². The van der Waals surface area contributed by atoms with Crippen LogP contribution in [0.25, 0.3) is 0 Å². The summed E-state index contributed by atoms with van der Waals surface area (Å²) in [5, 5.41) is 0. The number of rotatable bonds is 5. The second-order valence-electron chi connectivity index (χ2n) is 3.25. The number of ether oxygens (including phenoxy) is 1. The molecule has 0 aliphatic heterocycles. The number of benzene rings is 1.